The molecule has 0 bridgehead atoms. The van der Waals surface area contributed by atoms with Gasteiger partial charge in [0.2, 0.25) is 23.6 Å². The van der Waals surface area contributed by atoms with E-state index in [1.165, 1.54) is 13.8 Å². The van der Waals surface area contributed by atoms with Crippen LogP contribution in [0.5, 0.6) is 0 Å². The predicted molar refractivity (Wildman–Crippen MR) is 203 cm³/mol. The van der Waals surface area contributed by atoms with E-state index in [1.54, 1.807) is 36.4 Å². The van der Waals surface area contributed by atoms with Gasteiger partial charge in [-0.3, -0.25) is 24.0 Å². The number of unbranched alkanes of at least 4 members (excludes halogenated alkanes) is 2. The predicted octanol–water partition coefficient (Wildman–Crippen LogP) is 1.40. The molecule has 52 heavy (non-hydrogen) atoms. The summed E-state index contributed by atoms with van der Waals surface area (Å²) >= 11 is 6.00. The molecule has 0 aliphatic heterocycles. The summed E-state index contributed by atoms with van der Waals surface area (Å²) < 4.78 is 0. The van der Waals surface area contributed by atoms with Gasteiger partial charge in [-0.2, -0.15) is 0 Å². The molecule has 0 unspecified atom stereocenters. The number of benzene rings is 2. The molecule has 5 atom stereocenters. The van der Waals surface area contributed by atoms with E-state index in [-0.39, 0.29) is 25.2 Å². The molecule has 0 spiro atoms. The Bertz CT molecular complexity index is 1450. The Morgan fingerprint density at radius 3 is 1.60 bits per heavy atom. The first kappa shape index (κ1) is 44.1. The molecule has 2 aromatic carbocycles. The fourth-order valence-electron chi connectivity index (χ4n) is 5.27. The topological polar surface area (TPSA) is 238 Å². The summed E-state index contributed by atoms with van der Waals surface area (Å²) in [5.41, 5.74) is 13.5. The molecule has 0 radical (unpaired) electrons. The Kier molecular flexibility index (Phi) is 19.4. The molecule has 0 saturated carbocycles. The molecular weight excluding hydrogens is 689 g/mol. The normalized spacial score (nSPS) is 14.0. The van der Waals surface area contributed by atoms with Crippen LogP contribution in [0.4, 0.5) is 0 Å². The van der Waals surface area contributed by atoms with Crippen molar-refractivity contribution in [2.24, 2.45) is 17.4 Å². The number of carbonyl (C=O) groups excluding carboxylic acids is 5. The summed E-state index contributed by atoms with van der Waals surface area (Å²) in [6.45, 7) is 7.36. The van der Waals surface area contributed by atoms with Crippen LogP contribution < -0.4 is 38.1 Å². The van der Waals surface area contributed by atoms with Crippen molar-refractivity contribution in [3.8, 4) is 11.1 Å². The third kappa shape index (κ3) is 15.3. The van der Waals surface area contributed by atoms with Crippen LogP contribution in [-0.4, -0.2) is 89.9 Å². The smallest absolute Gasteiger partial charge is 0.426 e. The third-order valence-corrected chi connectivity index (χ3v) is 8.63. The fourth-order valence-corrected chi connectivity index (χ4v) is 5.40. The van der Waals surface area contributed by atoms with Gasteiger partial charge < -0.3 is 48.1 Å². The van der Waals surface area contributed by atoms with Crippen molar-refractivity contribution < 1.29 is 34.0 Å². The average Bonchev–Trinajstić information content (AvgIpc) is 3.10. The van der Waals surface area contributed by atoms with Crippen molar-refractivity contribution >= 4 is 48.3 Å². The molecule has 2 aromatic rings. The Balaban J connectivity index is 2.17. The lowest BCUT2D eigenvalue weighted by Crippen LogP contribution is -2.58. The number of nitrogens with one attached hydrogen (secondary N) is 5. The lowest BCUT2D eigenvalue weighted by molar-refractivity contribution is -0.134. The molecular formula is C36H55BClN7O7. The van der Waals surface area contributed by atoms with Crippen molar-refractivity contribution in [2.45, 2.75) is 103 Å². The Hall–Kier alpha value is -4.02. The molecule has 0 aliphatic carbocycles. The summed E-state index contributed by atoms with van der Waals surface area (Å²) in [4.78, 5) is 66.5. The van der Waals surface area contributed by atoms with Crippen molar-refractivity contribution in [1.82, 2.24) is 26.6 Å². The minimum atomic E-state index is -1.79. The standard InChI is InChI=1S/C36H55BClN7O7/c1-22(2)21-31(36(50)42-24(4)37(51)52)45-32(46)23(3)41-34(48)29(9-5-7-19-39)44-35(49)30(10-6-8-20-40)43-33(47)27-13-11-25(12-14-27)26-15-17-28(38)18-16-26/h11-18,22-24,29-31,51-52H,5-10,19-21,39-40H2,1-4H3,(H,41,48)(H,42,50)(H,43,47)(H,44,49)(H,45,46)/t23-,24-,29-,30-,31-/m0/s1. The van der Waals surface area contributed by atoms with Gasteiger partial charge in [0.1, 0.15) is 24.2 Å². The highest BCUT2D eigenvalue weighted by Gasteiger charge is 2.31. The van der Waals surface area contributed by atoms with Gasteiger partial charge in [0.05, 0.1) is 5.94 Å². The van der Waals surface area contributed by atoms with Crippen LogP contribution in [0.25, 0.3) is 11.1 Å². The Morgan fingerprint density at radius 1 is 0.635 bits per heavy atom. The van der Waals surface area contributed by atoms with Gasteiger partial charge in [0.15, 0.2) is 0 Å². The van der Waals surface area contributed by atoms with E-state index in [0.29, 0.717) is 49.4 Å². The SMILES string of the molecule is CC(C)C[C@H](NC(=O)[C@H](C)NC(=O)[C@H](CCCCN)NC(=O)[C@H](CCCCN)NC(=O)c1ccc(-c2ccc(Cl)cc2)cc1)C(=O)N[C@@H](C)B(O)O. The molecule has 16 heteroatoms. The van der Waals surface area contributed by atoms with E-state index in [4.69, 9.17) is 23.1 Å². The van der Waals surface area contributed by atoms with E-state index >= 15 is 0 Å². The largest absolute Gasteiger partial charge is 0.475 e. The van der Waals surface area contributed by atoms with Gasteiger partial charge in [0, 0.05) is 10.6 Å². The number of amides is 5. The van der Waals surface area contributed by atoms with Crippen LogP contribution in [-0.2, 0) is 19.2 Å². The highest BCUT2D eigenvalue weighted by molar-refractivity contribution is 6.43. The van der Waals surface area contributed by atoms with Crippen molar-refractivity contribution in [1.29, 1.82) is 0 Å². The molecule has 2 rings (SSSR count). The van der Waals surface area contributed by atoms with Gasteiger partial charge in [0.25, 0.3) is 5.91 Å². The van der Waals surface area contributed by atoms with Gasteiger partial charge in [-0.05, 0) is 113 Å². The maximum absolute atomic E-state index is 13.7. The summed E-state index contributed by atoms with van der Waals surface area (Å²) in [5, 5.41) is 32.6. The first-order chi connectivity index (χ1) is 24.7. The van der Waals surface area contributed by atoms with Gasteiger partial charge in [-0.15, -0.1) is 0 Å². The van der Waals surface area contributed by atoms with Crippen LogP contribution in [0.2, 0.25) is 5.02 Å². The lowest BCUT2D eigenvalue weighted by Gasteiger charge is -2.26. The molecule has 0 fully saturated rings. The summed E-state index contributed by atoms with van der Waals surface area (Å²) in [5.74, 6) is -3.88. The minimum Gasteiger partial charge on any atom is -0.426 e. The molecule has 0 aromatic heterocycles. The maximum Gasteiger partial charge on any atom is 0.475 e. The number of carbonyl (C=O) groups is 5. The van der Waals surface area contributed by atoms with Crippen molar-refractivity contribution in [3.63, 3.8) is 0 Å². The first-order valence-electron chi connectivity index (χ1n) is 17.8. The van der Waals surface area contributed by atoms with E-state index in [1.807, 2.05) is 26.0 Å². The molecule has 0 aliphatic rings. The number of halogens is 1. The van der Waals surface area contributed by atoms with Crippen LogP contribution in [0.15, 0.2) is 48.5 Å². The lowest BCUT2D eigenvalue weighted by atomic mass is 9.81. The fraction of sp³-hybridized carbons (Fsp3) is 0.528. The quantitative estimate of drug-likeness (QED) is 0.0625. The second-order valence-corrected chi connectivity index (χ2v) is 13.8. The molecule has 286 valence electrons. The van der Waals surface area contributed by atoms with Crippen LogP contribution in [0.1, 0.15) is 83.0 Å². The molecule has 11 N–H and O–H groups in total. The zero-order valence-electron chi connectivity index (χ0n) is 30.5. The van der Waals surface area contributed by atoms with Crippen molar-refractivity contribution in [2.75, 3.05) is 13.1 Å². The van der Waals surface area contributed by atoms with E-state index < -0.39 is 66.8 Å². The van der Waals surface area contributed by atoms with E-state index in [2.05, 4.69) is 26.6 Å². The second kappa shape index (κ2) is 22.8. The highest BCUT2D eigenvalue weighted by atomic mass is 35.5. The minimum absolute atomic E-state index is 0.00413. The van der Waals surface area contributed by atoms with Crippen LogP contribution in [0.3, 0.4) is 0 Å². The summed E-state index contributed by atoms with van der Waals surface area (Å²) in [6.07, 6.45) is 3.02. The number of hydrogen-bond donors (Lipinski definition) is 9. The van der Waals surface area contributed by atoms with Gasteiger partial charge in [-0.25, -0.2) is 0 Å². The van der Waals surface area contributed by atoms with Gasteiger partial charge in [-0.1, -0.05) is 49.7 Å². The van der Waals surface area contributed by atoms with Crippen LogP contribution >= 0.6 is 11.6 Å². The monoisotopic (exact) mass is 743 g/mol. The van der Waals surface area contributed by atoms with E-state index in [0.717, 1.165) is 11.1 Å². The molecule has 0 saturated heterocycles. The molecule has 5 amide bonds. The average molecular weight is 744 g/mol. The number of nitrogens with two attached hydrogens (primary N) is 2. The summed E-state index contributed by atoms with van der Waals surface area (Å²) in [6, 6.07) is 10.1. The number of hydrogen-bond acceptors (Lipinski definition) is 9. The molecule has 0 heterocycles. The van der Waals surface area contributed by atoms with Crippen LogP contribution in [0, 0.1) is 5.92 Å². The van der Waals surface area contributed by atoms with Crippen molar-refractivity contribution in [3.05, 3.63) is 59.1 Å². The highest BCUT2D eigenvalue weighted by Crippen LogP contribution is 2.22. The maximum atomic E-state index is 13.7. The molecule has 14 nitrogen and oxygen atoms in total. The first-order valence-corrected chi connectivity index (χ1v) is 18.2. The Labute approximate surface area is 311 Å². The second-order valence-electron chi connectivity index (χ2n) is 13.4. The van der Waals surface area contributed by atoms with E-state index in [9.17, 15) is 34.0 Å². The number of rotatable bonds is 22. The van der Waals surface area contributed by atoms with Gasteiger partial charge >= 0.3 is 7.12 Å². The third-order valence-electron chi connectivity index (χ3n) is 8.38. The summed E-state index contributed by atoms with van der Waals surface area (Å²) in [7, 11) is -1.79. The zero-order valence-corrected chi connectivity index (χ0v) is 31.2. The Morgan fingerprint density at radius 2 is 1.10 bits per heavy atom. The zero-order chi connectivity index (χ0) is 38.8.